The zero-order valence-corrected chi connectivity index (χ0v) is 27.2. The van der Waals surface area contributed by atoms with Crippen molar-refractivity contribution < 1.29 is 9.13 Å². The molecule has 236 valence electrons. The quantitative estimate of drug-likeness (QED) is 0.280. The van der Waals surface area contributed by atoms with E-state index in [1.807, 2.05) is 18.2 Å². The monoisotopic (exact) mass is 602 g/mol. The molecule has 2 bridgehead atoms. The number of piperazine rings is 1. The number of benzene rings is 2. The summed E-state index contributed by atoms with van der Waals surface area (Å²) in [6.07, 6.45) is 4.38. The first kappa shape index (κ1) is 30.7. The van der Waals surface area contributed by atoms with Crippen LogP contribution in [0.1, 0.15) is 53.0 Å². The highest BCUT2D eigenvalue weighted by molar-refractivity contribution is 6.01. The van der Waals surface area contributed by atoms with Crippen molar-refractivity contribution in [2.75, 3.05) is 32.6 Å². The van der Waals surface area contributed by atoms with Crippen molar-refractivity contribution in [3.63, 3.8) is 0 Å². The number of ether oxygens (including phenoxy) is 1. The third-order valence-corrected chi connectivity index (χ3v) is 11.4. The van der Waals surface area contributed by atoms with E-state index < -0.39 is 0 Å². The number of aliphatic imine (C=N–C) groups is 1. The standard InChI is InChI=1S/C35H47FN6O2/c1-21-27-16-23(34(27,2)3)17-29(21)40-32(31-35(4,5)41(6)15-13-37-31)39-24-9-11-26-30(18-24)38-20-42(33(26)43)14-12-22-8-10-25(44-7)19-28(22)36/h8-11,18-21,23,27,29,31,37H,12-17H2,1-7H3,(H,39,40)/t21-,23+,27-,29-,31+/m0/s1. The number of methoxy groups -OCH3 is 1. The average molecular weight is 603 g/mol. The smallest absolute Gasteiger partial charge is 0.261 e. The van der Waals surface area contributed by atoms with Gasteiger partial charge < -0.3 is 15.4 Å². The minimum absolute atomic E-state index is 0.0229. The van der Waals surface area contributed by atoms with Crippen LogP contribution in [-0.4, -0.2) is 65.2 Å². The van der Waals surface area contributed by atoms with Crippen LogP contribution in [0.3, 0.4) is 0 Å². The lowest BCUT2D eigenvalue weighted by Crippen LogP contribution is -2.67. The van der Waals surface area contributed by atoms with Gasteiger partial charge in [-0.15, -0.1) is 0 Å². The van der Waals surface area contributed by atoms with Gasteiger partial charge >= 0.3 is 0 Å². The normalized spacial score (nSPS) is 28.0. The lowest BCUT2D eigenvalue weighted by atomic mass is 9.45. The fraction of sp³-hybridized carbons (Fsp3) is 0.571. The fourth-order valence-corrected chi connectivity index (χ4v) is 7.86. The molecule has 9 heteroatoms. The van der Waals surface area contributed by atoms with Gasteiger partial charge in [-0.05, 0) is 93.2 Å². The summed E-state index contributed by atoms with van der Waals surface area (Å²) < 4.78 is 21.1. The Labute approximate surface area is 260 Å². The molecule has 3 aromatic rings. The van der Waals surface area contributed by atoms with Crippen molar-refractivity contribution in [3.8, 4) is 5.75 Å². The predicted octanol–water partition coefficient (Wildman–Crippen LogP) is 5.35. The van der Waals surface area contributed by atoms with Crippen LogP contribution in [0.2, 0.25) is 0 Å². The molecule has 1 aromatic heterocycles. The molecule has 5 atom stereocenters. The number of halogens is 1. The SMILES string of the molecule is COc1ccc(CCn2cnc3cc(NC(=N[C@H]4C[C@H]5C[C@@H]([C@@H]4C)C5(C)C)[C@H]4NCCN(C)C4(C)C)ccc3c2=O)c(F)c1. The van der Waals surface area contributed by atoms with Crippen molar-refractivity contribution in [2.24, 2.45) is 28.2 Å². The van der Waals surface area contributed by atoms with Crippen molar-refractivity contribution in [1.29, 1.82) is 0 Å². The van der Waals surface area contributed by atoms with Crippen LogP contribution in [0.5, 0.6) is 5.75 Å². The summed E-state index contributed by atoms with van der Waals surface area (Å²) in [5.74, 6) is 3.04. The fourth-order valence-electron chi connectivity index (χ4n) is 7.86. The molecule has 3 aliphatic carbocycles. The molecule has 1 saturated heterocycles. The number of nitrogens with zero attached hydrogens (tertiary/aromatic N) is 4. The van der Waals surface area contributed by atoms with E-state index in [1.165, 1.54) is 19.6 Å². The van der Waals surface area contributed by atoms with Crippen LogP contribution in [-0.2, 0) is 13.0 Å². The maximum absolute atomic E-state index is 14.5. The van der Waals surface area contributed by atoms with Crippen LogP contribution in [0.25, 0.3) is 10.9 Å². The number of rotatable bonds is 7. The van der Waals surface area contributed by atoms with E-state index in [0.717, 1.165) is 37.0 Å². The molecule has 8 nitrogen and oxygen atoms in total. The van der Waals surface area contributed by atoms with Crippen molar-refractivity contribution in [3.05, 3.63) is 64.5 Å². The molecular weight excluding hydrogens is 555 g/mol. The van der Waals surface area contributed by atoms with E-state index in [-0.39, 0.29) is 29.0 Å². The lowest BCUT2D eigenvalue weighted by Gasteiger charge is -2.61. The number of hydrogen-bond acceptors (Lipinski definition) is 6. The maximum atomic E-state index is 14.5. The van der Waals surface area contributed by atoms with Crippen molar-refractivity contribution >= 4 is 22.4 Å². The summed E-state index contributed by atoms with van der Waals surface area (Å²) >= 11 is 0. The van der Waals surface area contributed by atoms with Gasteiger partial charge in [0.05, 0.1) is 36.4 Å². The Morgan fingerprint density at radius 1 is 1.18 bits per heavy atom. The number of aryl methyl sites for hydroxylation is 2. The molecule has 0 radical (unpaired) electrons. The summed E-state index contributed by atoms with van der Waals surface area (Å²) in [5.41, 5.74) is 2.13. The van der Waals surface area contributed by atoms with Gasteiger partial charge in [0, 0.05) is 36.9 Å². The summed E-state index contributed by atoms with van der Waals surface area (Å²) in [5, 5.41) is 7.98. The van der Waals surface area contributed by atoms with Crippen LogP contribution in [0.15, 0.2) is 52.5 Å². The van der Waals surface area contributed by atoms with E-state index in [2.05, 4.69) is 62.2 Å². The molecule has 4 aliphatic rings. The molecule has 0 amide bonds. The topological polar surface area (TPSA) is 83.8 Å². The first-order valence-corrected chi connectivity index (χ1v) is 16.0. The largest absolute Gasteiger partial charge is 0.497 e. The Hall–Kier alpha value is -3.30. The number of aromatic nitrogens is 2. The first-order chi connectivity index (χ1) is 20.9. The first-order valence-electron chi connectivity index (χ1n) is 16.0. The number of nitrogens with one attached hydrogen (secondary N) is 2. The third-order valence-electron chi connectivity index (χ3n) is 11.4. The Balaban J connectivity index is 1.26. The predicted molar refractivity (Wildman–Crippen MR) is 175 cm³/mol. The molecule has 2 aromatic carbocycles. The van der Waals surface area contributed by atoms with E-state index >= 15 is 0 Å². The second kappa shape index (κ2) is 11.6. The Morgan fingerprint density at radius 2 is 1.98 bits per heavy atom. The van der Waals surface area contributed by atoms with Gasteiger partial charge in [0.15, 0.2) is 0 Å². The van der Waals surface area contributed by atoms with Crippen molar-refractivity contribution in [1.82, 2.24) is 19.8 Å². The third kappa shape index (κ3) is 5.42. The zero-order valence-electron chi connectivity index (χ0n) is 27.2. The number of amidine groups is 1. The average Bonchev–Trinajstić information content (AvgIpc) is 2.99. The molecule has 2 heterocycles. The second-order valence-corrected chi connectivity index (χ2v) is 14.3. The van der Waals surface area contributed by atoms with Gasteiger partial charge in [-0.3, -0.25) is 19.3 Å². The molecule has 3 saturated carbocycles. The summed E-state index contributed by atoms with van der Waals surface area (Å²) in [6, 6.07) is 10.8. The van der Waals surface area contributed by atoms with Gasteiger partial charge in [0.25, 0.3) is 5.56 Å². The van der Waals surface area contributed by atoms with E-state index in [4.69, 9.17) is 9.73 Å². The number of anilines is 1. The summed E-state index contributed by atoms with van der Waals surface area (Å²) in [4.78, 5) is 25.9. The maximum Gasteiger partial charge on any atom is 0.261 e. The Kier molecular flexibility index (Phi) is 8.07. The van der Waals surface area contributed by atoms with Gasteiger partial charge in [-0.1, -0.05) is 26.8 Å². The summed E-state index contributed by atoms with van der Waals surface area (Å²) in [6.45, 7) is 14.0. The summed E-state index contributed by atoms with van der Waals surface area (Å²) in [7, 11) is 3.69. The molecular formula is C35H47FN6O2. The lowest BCUT2D eigenvalue weighted by molar-refractivity contribution is -0.108. The van der Waals surface area contributed by atoms with E-state index in [9.17, 15) is 9.18 Å². The Morgan fingerprint density at radius 3 is 2.68 bits per heavy atom. The van der Waals surface area contributed by atoms with Gasteiger partial charge in [0.2, 0.25) is 0 Å². The number of fused-ring (bicyclic) bond motifs is 3. The van der Waals surface area contributed by atoms with Crippen LogP contribution in [0, 0.1) is 29.0 Å². The second-order valence-electron chi connectivity index (χ2n) is 14.3. The minimum atomic E-state index is -0.343. The van der Waals surface area contributed by atoms with Gasteiger partial charge in [0.1, 0.15) is 17.4 Å². The van der Waals surface area contributed by atoms with E-state index in [0.29, 0.717) is 52.4 Å². The van der Waals surface area contributed by atoms with Gasteiger partial charge in [-0.25, -0.2) is 9.37 Å². The molecule has 4 fully saturated rings. The number of likely N-dealkylation sites (N-methyl/N-ethyl adjacent to an activating group) is 1. The molecule has 2 N–H and O–H groups in total. The van der Waals surface area contributed by atoms with Crippen molar-refractivity contribution in [2.45, 2.75) is 78.0 Å². The highest BCUT2D eigenvalue weighted by atomic mass is 19.1. The van der Waals surface area contributed by atoms with Crippen LogP contribution < -0.4 is 20.9 Å². The van der Waals surface area contributed by atoms with E-state index in [1.54, 1.807) is 23.0 Å². The molecule has 44 heavy (non-hydrogen) atoms. The molecule has 0 spiro atoms. The zero-order chi connectivity index (χ0) is 31.4. The van der Waals surface area contributed by atoms with Crippen LogP contribution in [0.4, 0.5) is 10.1 Å². The highest BCUT2D eigenvalue weighted by Crippen LogP contribution is 2.61. The molecule has 0 unspecified atom stereocenters. The molecule has 1 aliphatic heterocycles. The van der Waals surface area contributed by atoms with Gasteiger partial charge in [-0.2, -0.15) is 0 Å². The Bertz CT molecular complexity index is 1630. The molecule has 7 rings (SSSR count). The minimum Gasteiger partial charge on any atom is -0.497 e. The number of hydrogen-bond donors (Lipinski definition) is 2. The van der Waals surface area contributed by atoms with Crippen LogP contribution >= 0.6 is 0 Å². The highest BCUT2D eigenvalue weighted by Gasteiger charge is 2.56.